The molecule has 3 rings (SSSR count). The van der Waals surface area contributed by atoms with E-state index in [9.17, 15) is 0 Å². The number of benzene rings is 1. The molecule has 0 aromatic heterocycles. The Hall–Kier alpha value is -1.10. The summed E-state index contributed by atoms with van der Waals surface area (Å²) in [6, 6.07) is 8.48. The van der Waals surface area contributed by atoms with Crippen molar-refractivity contribution in [3.05, 3.63) is 29.8 Å². The molecule has 2 saturated heterocycles. The van der Waals surface area contributed by atoms with Gasteiger partial charge in [0, 0.05) is 31.7 Å². The minimum Gasteiger partial charge on any atom is -0.497 e. The van der Waals surface area contributed by atoms with Crippen molar-refractivity contribution < 1.29 is 4.74 Å². The molecule has 1 aromatic carbocycles. The molecular weight excluding hydrogens is 286 g/mol. The topological polar surface area (TPSA) is 19.0 Å². The van der Waals surface area contributed by atoms with Crippen LogP contribution in [0.5, 0.6) is 5.75 Å². The summed E-state index contributed by atoms with van der Waals surface area (Å²) < 4.78 is 5.34. The molecule has 1 aromatic rings. The van der Waals surface area contributed by atoms with Gasteiger partial charge in [0.1, 0.15) is 5.75 Å². The number of nitrogens with zero attached hydrogens (tertiary/aromatic N) is 3. The van der Waals surface area contributed by atoms with Crippen molar-refractivity contribution in [2.75, 3.05) is 53.9 Å². The normalized spacial score (nSPS) is 23.8. The van der Waals surface area contributed by atoms with Crippen molar-refractivity contribution in [2.45, 2.75) is 31.3 Å². The minimum atomic E-state index is 0.385. The fourth-order valence-corrected chi connectivity index (χ4v) is 4.21. The molecule has 2 aliphatic heterocycles. The molecular formula is C19H31N3O. The summed E-state index contributed by atoms with van der Waals surface area (Å²) in [5.74, 6) is 0.959. The first-order chi connectivity index (χ1) is 11.1. The van der Waals surface area contributed by atoms with E-state index in [1.54, 1.807) is 7.11 Å². The third-order valence-electron chi connectivity index (χ3n) is 5.73. The number of likely N-dealkylation sites (N-methyl/N-ethyl adjacent to an activating group) is 2. The van der Waals surface area contributed by atoms with Crippen molar-refractivity contribution in [1.29, 1.82) is 0 Å². The van der Waals surface area contributed by atoms with E-state index in [1.165, 1.54) is 57.5 Å². The molecule has 0 bridgehead atoms. The summed E-state index contributed by atoms with van der Waals surface area (Å²) in [6.45, 7) is 7.11. The van der Waals surface area contributed by atoms with Gasteiger partial charge in [0.2, 0.25) is 0 Å². The summed E-state index contributed by atoms with van der Waals surface area (Å²) in [6.07, 6.45) is 3.85. The van der Waals surface area contributed by atoms with E-state index in [2.05, 4.69) is 47.0 Å². The Balaban J connectivity index is 1.61. The number of rotatable bonds is 3. The lowest BCUT2D eigenvalue weighted by atomic mass is 9.85. The first kappa shape index (κ1) is 16.7. The Morgan fingerprint density at radius 2 is 1.87 bits per heavy atom. The second-order valence-electron chi connectivity index (χ2n) is 7.36. The fourth-order valence-electron chi connectivity index (χ4n) is 4.21. The molecule has 2 heterocycles. The number of likely N-dealkylation sites (tertiary alicyclic amines) is 1. The second kappa shape index (κ2) is 7.20. The summed E-state index contributed by atoms with van der Waals surface area (Å²) in [7, 11) is 6.35. The molecule has 2 fully saturated rings. The number of hydrogen-bond donors (Lipinski definition) is 0. The second-order valence-corrected chi connectivity index (χ2v) is 7.36. The standard InChI is InChI=1S/C19H31N3O/c1-20-10-5-11-21(2)19(16-20)8-12-22(13-9-19)15-17-6-4-7-18(14-17)23-3/h4,6-7,14H,5,8-13,15-16H2,1-3H3. The zero-order valence-electron chi connectivity index (χ0n) is 14.9. The van der Waals surface area contributed by atoms with E-state index in [0.29, 0.717) is 5.54 Å². The van der Waals surface area contributed by atoms with Crippen LogP contribution in [0.1, 0.15) is 24.8 Å². The Morgan fingerprint density at radius 3 is 2.61 bits per heavy atom. The van der Waals surface area contributed by atoms with Crippen LogP contribution < -0.4 is 4.74 Å². The zero-order valence-corrected chi connectivity index (χ0v) is 14.9. The van der Waals surface area contributed by atoms with Gasteiger partial charge in [0.05, 0.1) is 7.11 Å². The first-order valence-electron chi connectivity index (χ1n) is 8.86. The van der Waals surface area contributed by atoms with E-state index in [4.69, 9.17) is 4.74 Å². The molecule has 0 aliphatic carbocycles. The highest BCUT2D eigenvalue weighted by Crippen LogP contribution is 2.31. The Kier molecular flexibility index (Phi) is 5.24. The first-order valence-corrected chi connectivity index (χ1v) is 8.86. The highest BCUT2D eigenvalue weighted by molar-refractivity contribution is 5.28. The van der Waals surface area contributed by atoms with Crippen molar-refractivity contribution in [3.63, 3.8) is 0 Å². The Bertz CT molecular complexity index is 511. The third-order valence-corrected chi connectivity index (χ3v) is 5.73. The van der Waals surface area contributed by atoms with Crippen LogP contribution in [-0.4, -0.2) is 74.2 Å². The maximum atomic E-state index is 5.34. The van der Waals surface area contributed by atoms with Gasteiger partial charge < -0.3 is 9.64 Å². The van der Waals surface area contributed by atoms with Crippen molar-refractivity contribution in [3.8, 4) is 5.75 Å². The number of hydrogen-bond acceptors (Lipinski definition) is 4. The molecule has 0 amide bonds. The van der Waals surface area contributed by atoms with Gasteiger partial charge in [-0.15, -0.1) is 0 Å². The number of ether oxygens (including phenoxy) is 1. The average molecular weight is 317 g/mol. The van der Waals surface area contributed by atoms with Crippen molar-refractivity contribution in [2.24, 2.45) is 0 Å². The van der Waals surface area contributed by atoms with Gasteiger partial charge in [-0.1, -0.05) is 12.1 Å². The smallest absolute Gasteiger partial charge is 0.119 e. The van der Waals surface area contributed by atoms with Gasteiger partial charge in [-0.3, -0.25) is 9.80 Å². The molecule has 0 N–H and O–H groups in total. The van der Waals surface area contributed by atoms with E-state index in [1.807, 2.05) is 6.07 Å². The Labute approximate surface area is 141 Å². The van der Waals surface area contributed by atoms with E-state index >= 15 is 0 Å². The van der Waals surface area contributed by atoms with Crippen molar-refractivity contribution >= 4 is 0 Å². The van der Waals surface area contributed by atoms with Gasteiger partial charge in [0.25, 0.3) is 0 Å². The summed E-state index contributed by atoms with van der Waals surface area (Å²) >= 11 is 0. The zero-order chi connectivity index (χ0) is 16.3. The van der Waals surface area contributed by atoms with Gasteiger partial charge in [-0.05, 0) is 64.1 Å². The highest BCUT2D eigenvalue weighted by Gasteiger charge is 2.39. The van der Waals surface area contributed by atoms with Crippen LogP contribution in [0.3, 0.4) is 0 Å². The summed E-state index contributed by atoms with van der Waals surface area (Å²) in [5, 5.41) is 0. The molecule has 128 valence electrons. The molecule has 0 atom stereocenters. The van der Waals surface area contributed by atoms with Gasteiger partial charge in [-0.2, -0.15) is 0 Å². The predicted octanol–water partition coefficient (Wildman–Crippen LogP) is 2.30. The number of piperidine rings is 1. The van der Waals surface area contributed by atoms with Crippen LogP contribution in [0, 0.1) is 0 Å². The minimum absolute atomic E-state index is 0.385. The van der Waals surface area contributed by atoms with Crippen LogP contribution in [0.4, 0.5) is 0 Å². The van der Waals surface area contributed by atoms with E-state index in [-0.39, 0.29) is 0 Å². The molecule has 1 spiro atoms. The quantitative estimate of drug-likeness (QED) is 0.851. The van der Waals surface area contributed by atoms with Crippen LogP contribution in [0.15, 0.2) is 24.3 Å². The molecule has 23 heavy (non-hydrogen) atoms. The van der Waals surface area contributed by atoms with Crippen LogP contribution in [0.2, 0.25) is 0 Å². The number of methoxy groups -OCH3 is 1. The molecule has 4 nitrogen and oxygen atoms in total. The van der Waals surface area contributed by atoms with Crippen LogP contribution >= 0.6 is 0 Å². The maximum absolute atomic E-state index is 5.34. The van der Waals surface area contributed by atoms with E-state index < -0.39 is 0 Å². The largest absolute Gasteiger partial charge is 0.497 e. The Morgan fingerprint density at radius 1 is 1.09 bits per heavy atom. The lowest BCUT2D eigenvalue weighted by Crippen LogP contribution is -2.57. The highest BCUT2D eigenvalue weighted by atomic mass is 16.5. The molecule has 2 aliphatic rings. The average Bonchev–Trinajstić information content (AvgIpc) is 2.69. The predicted molar refractivity (Wildman–Crippen MR) is 95.0 cm³/mol. The van der Waals surface area contributed by atoms with Crippen molar-refractivity contribution in [1.82, 2.24) is 14.7 Å². The third kappa shape index (κ3) is 3.87. The molecule has 4 heteroatoms. The summed E-state index contributed by atoms with van der Waals surface area (Å²) in [5.41, 5.74) is 1.74. The SMILES string of the molecule is COc1cccc(CN2CCC3(CC2)CN(C)CCCN3C)c1. The lowest BCUT2D eigenvalue weighted by molar-refractivity contribution is 0.0295. The van der Waals surface area contributed by atoms with Crippen LogP contribution in [-0.2, 0) is 6.54 Å². The molecule has 0 radical (unpaired) electrons. The van der Waals surface area contributed by atoms with E-state index in [0.717, 1.165) is 12.3 Å². The fraction of sp³-hybridized carbons (Fsp3) is 0.684. The van der Waals surface area contributed by atoms with Gasteiger partial charge in [0.15, 0.2) is 0 Å². The van der Waals surface area contributed by atoms with Gasteiger partial charge >= 0.3 is 0 Å². The van der Waals surface area contributed by atoms with Gasteiger partial charge in [-0.25, -0.2) is 0 Å². The lowest BCUT2D eigenvalue weighted by Gasteiger charge is -2.47. The molecule has 0 unspecified atom stereocenters. The molecule has 0 saturated carbocycles. The maximum Gasteiger partial charge on any atom is 0.119 e. The van der Waals surface area contributed by atoms with Crippen LogP contribution in [0.25, 0.3) is 0 Å². The monoisotopic (exact) mass is 317 g/mol. The summed E-state index contributed by atoms with van der Waals surface area (Å²) in [4.78, 5) is 7.76.